The second-order valence-corrected chi connectivity index (χ2v) is 8.31. The maximum absolute atomic E-state index is 12.8. The summed E-state index contributed by atoms with van der Waals surface area (Å²) in [6, 6.07) is 17.9. The van der Waals surface area contributed by atoms with Crippen LogP contribution in [0.2, 0.25) is 0 Å². The average molecular weight is 431 g/mol. The summed E-state index contributed by atoms with van der Waals surface area (Å²) in [6.45, 7) is 3.63. The number of benzene rings is 2. The predicted molar refractivity (Wildman–Crippen MR) is 123 cm³/mol. The third-order valence-electron chi connectivity index (χ3n) is 5.81. The van der Waals surface area contributed by atoms with Gasteiger partial charge in [0.25, 0.3) is 0 Å². The summed E-state index contributed by atoms with van der Waals surface area (Å²) in [4.78, 5) is 15.0. The lowest BCUT2D eigenvalue weighted by molar-refractivity contribution is -0.120. The number of aryl methyl sites for hydroxylation is 1. The maximum Gasteiger partial charge on any atom is 0.227 e. The predicted octanol–water partition coefficient (Wildman–Crippen LogP) is 4.31. The summed E-state index contributed by atoms with van der Waals surface area (Å²) in [7, 11) is 0. The van der Waals surface area contributed by atoms with E-state index in [-0.39, 0.29) is 11.8 Å². The number of piperidine rings is 1. The SMILES string of the molecule is Cc1ccccc1-c1ccc(N2CCC(C(=O)Nc3cccc4nsnc34)CC2)nn1. The minimum absolute atomic E-state index is 0.0303. The quantitative estimate of drug-likeness (QED) is 0.519. The largest absolute Gasteiger partial charge is 0.355 e. The standard InChI is InChI=1S/C23H22N6OS/c1-15-5-2-3-6-17(15)18-9-10-21(26-25-18)29-13-11-16(12-14-29)23(30)24-19-7-4-8-20-22(19)28-31-27-20/h2-10,16H,11-14H2,1H3,(H,24,30). The fraction of sp³-hybridized carbons (Fsp3) is 0.261. The van der Waals surface area contributed by atoms with Gasteiger partial charge in [-0.05, 0) is 49.6 Å². The van der Waals surface area contributed by atoms with Crippen molar-refractivity contribution in [1.82, 2.24) is 18.9 Å². The molecule has 0 saturated carbocycles. The van der Waals surface area contributed by atoms with E-state index in [1.54, 1.807) is 0 Å². The molecule has 1 N–H and O–H groups in total. The van der Waals surface area contributed by atoms with E-state index in [1.165, 1.54) is 5.56 Å². The average Bonchev–Trinajstić information content (AvgIpc) is 3.30. The molecule has 0 radical (unpaired) electrons. The Balaban J connectivity index is 1.22. The Bertz CT molecular complexity index is 1210. The van der Waals surface area contributed by atoms with Crippen molar-refractivity contribution in [1.29, 1.82) is 0 Å². The Kier molecular flexibility index (Phi) is 5.30. The first kappa shape index (κ1) is 19.6. The van der Waals surface area contributed by atoms with Gasteiger partial charge in [0, 0.05) is 24.6 Å². The molecule has 1 fully saturated rings. The number of aromatic nitrogens is 4. The molecule has 0 spiro atoms. The number of nitrogens with one attached hydrogen (secondary N) is 1. The van der Waals surface area contributed by atoms with Crippen molar-refractivity contribution in [2.45, 2.75) is 19.8 Å². The van der Waals surface area contributed by atoms with Crippen LogP contribution in [0.25, 0.3) is 22.3 Å². The first-order chi connectivity index (χ1) is 15.2. The molecule has 7 nitrogen and oxygen atoms in total. The third kappa shape index (κ3) is 3.98. The molecule has 31 heavy (non-hydrogen) atoms. The summed E-state index contributed by atoms with van der Waals surface area (Å²) in [5, 5.41) is 11.9. The zero-order valence-corrected chi connectivity index (χ0v) is 18.0. The highest BCUT2D eigenvalue weighted by atomic mass is 32.1. The van der Waals surface area contributed by atoms with Gasteiger partial charge in [-0.25, -0.2) is 0 Å². The second-order valence-electron chi connectivity index (χ2n) is 7.78. The molecule has 1 aliphatic heterocycles. The molecule has 156 valence electrons. The van der Waals surface area contributed by atoms with Crippen molar-refractivity contribution >= 4 is 40.2 Å². The molecule has 2 aromatic carbocycles. The van der Waals surface area contributed by atoms with Gasteiger partial charge < -0.3 is 10.2 Å². The minimum Gasteiger partial charge on any atom is -0.355 e. The van der Waals surface area contributed by atoms with Crippen molar-refractivity contribution in [3.05, 3.63) is 60.2 Å². The Labute approximate surface area is 184 Å². The molecule has 1 saturated heterocycles. The van der Waals surface area contributed by atoms with Crippen LogP contribution in [0.4, 0.5) is 11.5 Å². The molecule has 0 atom stereocenters. The van der Waals surface area contributed by atoms with Crippen molar-refractivity contribution in [2.75, 3.05) is 23.3 Å². The Morgan fingerprint density at radius 1 is 1.00 bits per heavy atom. The minimum atomic E-state index is -0.0303. The number of fused-ring (bicyclic) bond motifs is 1. The van der Waals surface area contributed by atoms with E-state index in [1.807, 2.05) is 42.5 Å². The molecule has 3 heterocycles. The van der Waals surface area contributed by atoms with Gasteiger partial charge >= 0.3 is 0 Å². The Hall–Kier alpha value is -3.39. The van der Waals surface area contributed by atoms with Crippen LogP contribution in [0.3, 0.4) is 0 Å². The van der Waals surface area contributed by atoms with Gasteiger partial charge in [-0.1, -0.05) is 30.3 Å². The van der Waals surface area contributed by atoms with Crippen LogP contribution >= 0.6 is 11.7 Å². The molecule has 0 aliphatic carbocycles. The molecule has 5 rings (SSSR count). The number of amides is 1. The van der Waals surface area contributed by atoms with Crippen molar-refractivity contribution in [3.63, 3.8) is 0 Å². The van der Waals surface area contributed by atoms with Gasteiger partial charge in [0.15, 0.2) is 5.82 Å². The Morgan fingerprint density at radius 3 is 2.61 bits per heavy atom. The summed E-state index contributed by atoms with van der Waals surface area (Å²) >= 11 is 1.16. The summed E-state index contributed by atoms with van der Waals surface area (Å²) in [5.74, 6) is 0.868. The highest BCUT2D eigenvalue weighted by Crippen LogP contribution is 2.27. The molecule has 0 bridgehead atoms. The molecule has 0 unspecified atom stereocenters. The van der Waals surface area contributed by atoms with Crippen molar-refractivity contribution in [3.8, 4) is 11.3 Å². The van der Waals surface area contributed by atoms with Crippen LogP contribution in [0.15, 0.2) is 54.6 Å². The topological polar surface area (TPSA) is 83.9 Å². The van der Waals surface area contributed by atoms with Crippen molar-refractivity contribution in [2.24, 2.45) is 5.92 Å². The molecular formula is C23H22N6OS. The maximum atomic E-state index is 12.8. The van der Waals surface area contributed by atoms with Gasteiger partial charge in [-0.15, -0.1) is 10.2 Å². The molecule has 1 amide bonds. The number of rotatable bonds is 4. The number of carbonyl (C=O) groups is 1. The number of nitrogens with zero attached hydrogens (tertiary/aromatic N) is 5. The van der Waals surface area contributed by atoms with Gasteiger partial charge in [-0.3, -0.25) is 4.79 Å². The van der Waals surface area contributed by atoms with E-state index >= 15 is 0 Å². The van der Waals surface area contributed by atoms with Gasteiger partial charge in [-0.2, -0.15) is 8.75 Å². The van der Waals surface area contributed by atoms with Crippen LogP contribution < -0.4 is 10.2 Å². The van der Waals surface area contributed by atoms with Crippen LogP contribution in [0.5, 0.6) is 0 Å². The lowest BCUT2D eigenvalue weighted by atomic mass is 9.95. The first-order valence-corrected chi connectivity index (χ1v) is 11.1. The van der Waals surface area contributed by atoms with Crippen molar-refractivity contribution < 1.29 is 4.79 Å². The number of anilines is 2. The highest BCUT2D eigenvalue weighted by molar-refractivity contribution is 7.00. The lowest BCUT2D eigenvalue weighted by Crippen LogP contribution is -2.38. The van der Waals surface area contributed by atoms with Crippen LogP contribution in [0.1, 0.15) is 18.4 Å². The van der Waals surface area contributed by atoms with E-state index in [2.05, 4.69) is 48.2 Å². The molecule has 4 aromatic rings. The molecule has 1 aliphatic rings. The fourth-order valence-electron chi connectivity index (χ4n) is 4.01. The van der Waals surface area contributed by atoms with Gasteiger partial charge in [0.05, 0.1) is 23.1 Å². The fourth-order valence-corrected chi connectivity index (χ4v) is 4.56. The summed E-state index contributed by atoms with van der Waals surface area (Å²) < 4.78 is 8.53. The van der Waals surface area contributed by atoms with Crippen LogP contribution in [0, 0.1) is 12.8 Å². The monoisotopic (exact) mass is 430 g/mol. The molecular weight excluding hydrogens is 408 g/mol. The lowest BCUT2D eigenvalue weighted by Gasteiger charge is -2.31. The highest BCUT2D eigenvalue weighted by Gasteiger charge is 2.26. The molecule has 2 aromatic heterocycles. The zero-order chi connectivity index (χ0) is 21.2. The summed E-state index contributed by atoms with van der Waals surface area (Å²) in [5.41, 5.74) is 5.45. The third-order valence-corrected chi connectivity index (χ3v) is 6.35. The van der Waals surface area contributed by atoms with Crippen LogP contribution in [-0.4, -0.2) is 37.9 Å². The van der Waals surface area contributed by atoms with E-state index in [4.69, 9.17) is 0 Å². The first-order valence-electron chi connectivity index (χ1n) is 10.4. The normalized spacial score (nSPS) is 14.7. The van der Waals surface area contributed by atoms with E-state index in [0.29, 0.717) is 0 Å². The second kappa shape index (κ2) is 8.39. The van der Waals surface area contributed by atoms with Gasteiger partial charge in [0.1, 0.15) is 11.0 Å². The smallest absolute Gasteiger partial charge is 0.227 e. The van der Waals surface area contributed by atoms with E-state index < -0.39 is 0 Å². The number of hydrogen-bond donors (Lipinski definition) is 1. The number of hydrogen-bond acceptors (Lipinski definition) is 7. The number of carbonyl (C=O) groups excluding carboxylic acids is 1. The van der Waals surface area contributed by atoms with Gasteiger partial charge in [0.2, 0.25) is 5.91 Å². The van der Waals surface area contributed by atoms with E-state index in [0.717, 1.165) is 71.5 Å². The Morgan fingerprint density at radius 2 is 1.84 bits per heavy atom. The van der Waals surface area contributed by atoms with E-state index in [9.17, 15) is 4.79 Å². The molecule has 8 heteroatoms. The summed E-state index contributed by atoms with van der Waals surface area (Å²) in [6.07, 6.45) is 1.55. The zero-order valence-electron chi connectivity index (χ0n) is 17.2. The van der Waals surface area contributed by atoms with Crippen LogP contribution in [-0.2, 0) is 4.79 Å².